The molecule has 1 heterocycles. The van der Waals surface area contributed by atoms with Gasteiger partial charge in [0.05, 0.1) is 0 Å². The number of nitrogens with one attached hydrogen (secondary N) is 2. The highest BCUT2D eigenvalue weighted by atomic mass is 16.6. The van der Waals surface area contributed by atoms with Crippen LogP contribution in [0.15, 0.2) is 0 Å². The van der Waals surface area contributed by atoms with Gasteiger partial charge >= 0.3 is 6.09 Å². The van der Waals surface area contributed by atoms with Crippen molar-refractivity contribution in [2.75, 3.05) is 32.7 Å². The first kappa shape index (κ1) is 16.2. The summed E-state index contributed by atoms with van der Waals surface area (Å²) < 4.78 is 5.17. The average Bonchev–Trinajstić information content (AvgIpc) is 2.33. The van der Waals surface area contributed by atoms with Gasteiger partial charge in [-0.15, -0.1) is 0 Å². The summed E-state index contributed by atoms with van der Waals surface area (Å²) in [6.07, 6.45) is 2.05. The zero-order valence-electron chi connectivity index (χ0n) is 12.8. The van der Waals surface area contributed by atoms with Crippen molar-refractivity contribution in [2.45, 2.75) is 52.2 Å². The van der Waals surface area contributed by atoms with E-state index in [9.17, 15) is 4.79 Å². The van der Waals surface area contributed by atoms with Crippen molar-refractivity contribution in [3.05, 3.63) is 0 Å². The lowest BCUT2D eigenvalue weighted by Crippen LogP contribution is -2.44. The van der Waals surface area contributed by atoms with Crippen LogP contribution >= 0.6 is 0 Å². The van der Waals surface area contributed by atoms with Gasteiger partial charge in [0.25, 0.3) is 0 Å². The number of nitrogens with zero attached hydrogens (tertiary/aromatic N) is 1. The van der Waals surface area contributed by atoms with Crippen LogP contribution in [0.25, 0.3) is 0 Å². The van der Waals surface area contributed by atoms with E-state index in [1.807, 2.05) is 20.8 Å². The van der Waals surface area contributed by atoms with Gasteiger partial charge in [-0.05, 0) is 53.2 Å². The number of rotatable bonds is 5. The van der Waals surface area contributed by atoms with Crippen LogP contribution in [0.4, 0.5) is 4.79 Å². The molecule has 0 aromatic carbocycles. The highest BCUT2D eigenvalue weighted by Gasteiger charge is 2.18. The Bertz CT molecular complexity index is 268. The maximum Gasteiger partial charge on any atom is 0.407 e. The molecule has 0 unspecified atom stereocenters. The van der Waals surface area contributed by atoms with Crippen LogP contribution in [0.2, 0.25) is 0 Å². The second kappa shape index (κ2) is 7.70. The van der Waals surface area contributed by atoms with E-state index in [-0.39, 0.29) is 6.09 Å². The molecule has 0 aliphatic carbocycles. The van der Waals surface area contributed by atoms with E-state index in [1.54, 1.807) is 0 Å². The molecule has 0 radical (unpaired) electrons. The number of likely N-dealkylation sites (tertiary alicyclic amines) is 1. The maximum absolute atomic E-state index is 11.4. The van der Waals surface area contributed by atoms with Crippen LogP contribution in [-0.2, 0) is 4.74 Å². The standard InChI is InChI=1S/C14H29N3O2/c1-5-17-10-6-12(7-11-17)15-8-9-16-13(18)19-14(2,3)4/h12,15H,5-11H2,1-4H3,(H,16,18). The fourth-order valence-electron chi connectivity index (χ4n) is 2.21. The highest BCUT2D eigenvalue weighted by molar-refractivity contribution is 5.67. The largest absolute Gasteiger partial charge is 0.444 e. The molecule has 19 heavy (non-hydrogen) atoms. The minimum absolute atomic E-state index is 0.338. The highest BCUT2D eigenvalue weighted by Crippen LogP contribution is 2.09. The predicted octanol–water partition coefficient (Wildman–Crippen LogP) is 1.58. The molecule has 5 heteroatoms. The number of amides is 1. The summed E-state index contributed by atoms with van der Waals surface area (Å²) in [6, 6.07) is 0.586. The Hall–Kier alpha value is -0.810. The van der Waals surface area contributed by atoms with E-state index in [0.717, 1.165) is 13.1 Å². The number of hydrogen-bond acceptors (Lipinski definition) is 4. The topological polar surface area (TPSA) is 53.6 Å². The Kier molecular flexibility index (Phi) is 6.58. The van der Waals surface area contributed by atoms with E-state index in [0.29, 0.717) is 12.6 Å². The van der Waals surface area contributed by atoms with Gasteiger partial charge < -0.3 is 20.3 Å². The van der Waals surface area contributed by atoms with Crippen molar-refractivity contribution < 1.29 is 9.53 Å². The Balaban J connectivity index is 2.04. The summed E-state index contributed by atoms with van der Waals surface area (Å²) in [5.74, 6) is 0. The number of piperidine rings is 1. The first-order valence-electron chi connectivity index (χ1n) is 7.33. The van der Waals surface area contributed by atoms with Gasteiger partial charge in [0.15, 0.2) is 0 Å². The van der Waals surface area contributed by atoms with Crippen LogP contribution in [-0.4, -0.2) is 55.4 Å². The Morgan fingerprint density at radius 1 is 1.26 bits per heavy atom. The Morgan fingerprint density at radius 2 is 1.89 bits per heavy atom. The number of hydrogen-bond donors (Lipinski definition) is 2. The number of carbonyl (C=O) groups excluding carboxylic acids is 1. The van der Waals surface area contributed by atoms with Crippen LogP contribution in [0.3, 0.4) is 0 Å². The summed E-state index contributed by atoms with van der Waals surface area (Å²) in [7, 11) is 0. The van der Waals surface area contributed by atoms with Gasteiger partial charge in [-0.25, -0.2) is 4.79 Å². The lowest BCUT2D eigenvalue weighted by atomic mass is 10.1. The molecule has 1 fully saturated rings. The average molecular weight is 271 g/mol. The summed E-state index contributed by atoms with van der Waals surface area (Å²) in [6.45, 7) is 12.7. The molecule has 0 aromatic rings. The minimum Gasteiger partial charge on any atom is -0.444 e. The fraction of sp³-hybridized carbons (Fsp3) is 0.929. The number of carbonyl (C=O) groups is 1. The molecule has 0 spiro atoms. The molecule has 0 saturated carbocycles. The van der Waals surface area contributed by atoms with Gasteiger partial charge in [0, 0.05) is 19.1 Å². The zero-order valence-corrected chi connectivity index (χ0v) is 12.8. The maximum atomic E-state index is 11.4. The summed E-state index contributed by atoms with van der Waals surface area (Å²) in [4.78, 5) is 13.9. The summed E-state index contributed by atoms with van der Waals surface area (Å²) in [5, 5.41) is 6.25. The van der Waals surface area contributed by atoms with Crippen LogP contribution in [0.5, 0.6) is 0 Å². The molecule has 2 N–H and O–H groups in total. The van der Waals surface area contributed by atoms with E-state index < -0.39 is 5.60 Å². The van der Waals surface area contributed by atoms with Crippen molar-refractivity contribution in [3.8, 4) is 0 Å². The zero-order chi connectivity index (χ0) is 14.3. The van der Waals surface area contributed by atoms with Crippen molar-refractivity contribution >= 4 is 6.09 Å². The second-order valence-corrected chi connectivity index (χ2v) is 6.09. The summed E-state index contributed by atoms with van der Waals surface area (Å²) >= 11 is 0. The second-order valence-electron chi connectivity index (χ2n) is 6.09. The molecule has 1 aliphatic heterocycles. The third kappa shape index (κ3) is 7.38. The number of alkyl carbamates (subject to hydrolysis) is 1. The molecule has 0 bridgehead atoms. The van der Waals surface area contributed by atoms with E-state index in [2.05, 4.69) is 22.5 Å². The third-order valence-electron chi connectivity index (χ3n) is 3.26. The van der Waals surface area contributed by atoms with Crippen molar-refractivity contribution in [3.63, 3.8) is 0 Å². The molecule has 0 atom stereocenters. The third-order valence-corrected chi connectivity index (χ3v) is 3.26. The molecule has 1 aliphatic rings. The SMILES string of the molecule is CCN1CCC(NCCNC(=O)OC(C)(C)C)CC1. The molecule has 5 nitrogen and oxygen atoms in total. The molecule has 112 valence electrons. The molecule has 1 amide bonds. The van der Waals surface area contributed by atoms with Crippen molar-refractivity contribution in [1.82, 2.24) is 15.5 Å². The number of ether oxygens (including phenoxy) is 1. The molecular weight excluding hydrogens is 242 g/mol. The van der Waals surface area contributed by atoms with E-state index in [4.69, 9.17) is 4.74 Å². The fourth-order valence-corrected chi connectivity index (χ4v) is 2.21. The van der Waals surface area contributed by atoms with Crippen LogP contribution in [0, 0.1) is 0 Å². The van der Waals surface area contributed by atoms with Gasteiger partial charge in [0.1, 0.15) is 5.60 Å². The van der Waals surface area contributed by atoms with E-state index in [1.165, 1.54) is 25.9 Å². The van der Waals surface area contributed by atoms with Gasteiger partial charge in [0.2, 0.25) is 0 Å². The van der Waals surface area contributed by atoms with Crippen molar-refractivity contribution in [1.29, 1.82) is 0 Å². The molecule has 0 aromatic heterocycles. The first-order chi connectivity index (χ1) is 8.90. The smallest absolute Gasteiger partial charge is 0.407 e. The van der Waals surface area contributed by atoms with Crippen LogP contribution < -0.4 is 10.6 Å². The Morgan fingerprint density at radius 3 is 2.42 bits per heavy atom. The monoisotopic (exact) mass is 271 g/mol. The van der Waals surface area contributed by atoms with Gasteiger partial charge in [-0.1, -0.05) is 6.92 Å². The van der Waals surface area contributed by atoms with Gasteiger partial charge in [-0.2, -0.15) is 0 Å². The summed E-state index contributed by atoms with van der Waals surface area (Å²) in [5.41, 5.74) is -0.426. The normalized spacial score (nSPS) is 18.3. The predicted molar refractivity (Wildman–Crippen MR) is 77.4 cm³/mol. The van der Waals surface area contributed by atoms with E-state index >= 15 is 0 Å². The molecule has 1 saturated heterocycles. The minimum atomic E-state index is -0.426. The molecule has 1 rings (SSSR count). The van der Waals surface area contributed by atoms with Crippen molar-refractivity contribution in [2.24, 2.45) is 0 Å². The van der Waals surface area contributed by atoms with Gasteiger partial charge in [-0.3, -0.25) is 0 Å². The van der Waals surface area contributed by atoms with Crippen LogP contribution in [0.1, 0.15) is 40.5 Å². The lowest BCUT2D eigenvalue weighted by molar-refractivity contribution is 0.0527. The lowest BCUT2D eigenvalue weighted by Gasteiger charge is -2.31. The Labute approximate surface area is 117 Å². The quantitative estimate of drug-likeness (QED) is 0.746. The molecular formula is C14H29N3O2. The first-order valence-corrected chi connectivity index (χ1v) is 7.33.